The van der Waals surface area contributed by atoms with Crippen LogP contribution in [0.5, 0.6) is 11.5 Å². The van der Waals surface area contributed by atoms with Gasteiger partial charge in [-0.2, -0.15) is 4.99 Å². The lowest BCUT2D eigenvalue weighted by molar-refractivity contribution is -0.141. The van der Waals surface area contributed by atoms with Gasteiger partial charge in [0.2, 0.25) is 29.5 Å². The van der Waals surface area contributed by atoms with Crippen LogP contribution in [0.3, 0.4) is 0 Å². The van der Waals surface area contributed by atoms with Gasteiger partial charge in [0, 0.05) is 118 Å². The topological polar surface area (TPSA) is 374 Å². The Morgan fingerprint density at radius 1 is 0.552 bits per heavy atom. The molecule has 476 valence electrons. The smallest absolute Gasteiger partial charge is 0.344 e. The molecule has 87 heavy (non-hydrogen) atoms. The summed E-state index contributed by atoms with van der Waals surface area (Å²) in [6.45, 7) is 6.64. The molecular weight excluding hydrogens is 1130 g/mol. The van der Waals surface area contributed by atoms with Gasteiger partial charge in [0.1, 0.15) is 17.5 Å². The van der Waals surface area contributed by atoms with Gasteiger partial charge >= 0.3 is 23.9 Å². The Morgan fingerprint density at radius 3 is 1.67 bits per heavy atom. The normalized spacial score (nSPS) is 16.0. The molecule has 7 amide bonds. The third kappa shape index (κ3) is 27.2. The third-order valence-electron chi connectivity index (χ3n) is 14.5. The van der Waals surface area contributed by atoms with E-state index in [1.54, 1.807) is 56.9 Å². The summed E-state index contributed by atoms with van der Waals surface area (Å²) in [6.07, 6.45) is 2.04. The molecule has 2 saturated heterocycles. The largest absolute Gasteiger partial charge is 0.508 e. The van der Waals surface area contributed by atoms with Crippen LogP contribution in [0.15, 0.2) is 83.9 Å². The molecule has 0 saturated carbocycles. The minimum Gasteiger partial charge on any atom is -0.508 e. The molecule has 0 spiro atoms. The number of nitrogens with zero attached hydrogens (tertiary/aromatic N) is 7. The molecule has 1 unspecified atom stereocenters. The molecule has 0 aliphatic carbocycles. The number of aromatic hydroxyl groups is 1. The first-order valence-electron chi connectivity index (χ1n) is 29.4. The van der Waals surface area contributed by atoms with Crippen LogP contribution >= 0.6 is 0 Å². The second kappa shape index (κ2) is 37.9. The fourth-order valence-electron chi connectivity index (χ4n) is 9.72. The number of aliphatic imine (C=N–C) groups is 1. The van der Waals surface area contributed by atoms with Crippen molar-refractivity contribution in [3.05, 3.63) is 95.6 Å². The molecule has 5 rings (SSSR count). The molecule has 3 aromatic carbocycles. The number of unbranched alkanes of at least 4 members (excludes halogenated alkanes) is 1. The van der Waals surface area contributed by atoms with E-state index in [4.69, 9.17) is 10.5 Å². The van der Waals surface area contributed by atoms with Gasteiger partial charge in [0.15, 0.2) is 5.96 Å². The van der Waals surface area contributed by atoms with Gasteiger partial charge in [-0.05, 0) is 66.6 Å². The SMILES string of the molecule is CCC(=O)NCCNC(=O)/N=C(/N)NCCC[C@@H](NC(=O)C(c1ccccc1)c1cccc(OCCCCNC(=O)CN2CCN(C(=O)CN3CCN(CC(=O)O)CCN(CC(=O)O)CCN(CC(=O)O)CC3)CC2)c1)C(=O)NCc1ccc(O)cc1. The second-order valence-corrected chi connectivity index (χ2v) is 21.2. The fraction of sp³-hybridized carbons (Fsp3) is 0.525. The number of hydrogen-bond donors (Lipinski definition) is 11. The number of nitrogens with one attached hydrogen (secondary N) is 6. The van der Waals surface area contributed by atoms with Crippen LogP contribution in [-0.4, -0.2) is 259 Å². The number of urea groups is 1. The molecule has 0 radical (unpaired) electrons. The molecule has 2 heterocycles. The van der Waals surface area contributed by atoms with Gasteiger partial charge < -0.3 is 67.7 Å². The number of carbonyl (C=O) groups is 9. The van der Waals surface area contributed by atoms with Crippen LogP contribution in [0, 0.1) is 0 Å². The molecule has 0 bridgehead atoms. The predicted octanol–water partition coefficient (Wildman–Crippen LogP) is -0.860. The van der Waals surface area contributed by atoms with Gasteiger partial charge in [-0.25, -0.2) is 4.79 Å². The zero-order valence-electron chi connectivity index (χ0n) is 49.5. The third-order valence-corrected chi connectivity index (χ3v) is 14.5. The maximum atomic E-state index is 14.5. The number of aliphatic carboxylic acids is 3. The van der Waals surface area contributed by atoms with Crippen LogP contribution in [0.25, 0.3) is 0 Å². The lowest BCUT2D eigenvalue weighted by Crippen LogP contribution is -2.54. The van der Waals surface area contributed by atoms with Crippen molar-refractivity contribution in [2.45, 2.75) is 57.5 Å². The summed E-state index contributed by atoms with van der Waals surface area (Å²) in [5, 5.41) is 55.2. The van der Waals surface area contributed by atoms with Crippen LogP contribution in [0.4, 0.5) is 4.79 Å². The van der Waals surface area contributed by atoms with Crippen LogP contribution in [0.2, 0.25) is 0 Å². The van der Waals surface area contributed by atoms with Crippen molar-refractivity contribution in [2.24, 2.45) is 10.7 Å². The summed E-state index contributed by atoms with van der Waals surface area (Å²) in [6, 6.07) is 20.9. The maximum Gasteiger partial charge on any atom is 0.344 e. The van der Waals surface area contributed by atoms with Gasteiger partial charge in [-0.3, -0.25) is 62.9 Å². The molecule has 2 aliphatic heterocycles. The van der Waals surface area contributed by atoms with Gasteiger partial charge in [-0.15, -0.1) is 0 Å². The van der Waals surface area contributed by atoms with Gasteiger partial charge in [-0.1, -0.05) is 61.5 Å². The number of phenolic OH excluding ortho intramolecular Hbond substituents is 1. The van der Waals surface area contributed by atoms with Crippen molar-refractivity contribution in [1.82, 2.24) is 61.3 Å². The number of ether oxygens (including phenoxy) is 1. The molecule has 28 nitrogen and oxygen atoms in total. The number of rotatable bonds is 31. The molecule has 12 N–H and O–H groups in total. The number of benzene rings is 3. The highest BCUT2D eigenvalue weighted by Gasteiger charge is 2.30. The average molecular weight is 1220 g/mol. The number of nitrogens with two attached hydrogens (primary N) is 1. The monoisotopic (exact) mass is 1210 g/mol. The molecule has 0 aromatic heterocycles. The lowest BCUT2D eigenvalue weighted by atomic mass is 9.90. The molecule has 2 aliphatic rings. The number of carboxylic acid groups (broad SMARTS) is 3. The van der Waals surface area contributed by atoms with E-state index in [2.05, 4.69) is 36.9 Å². The quantitative estimate of drug-likeness (QED) is 0.0212. The first-order chi connectivity index (χ1) is 41.8. The molecule has 28 heteroatoms. The van der Waals surface area contributed by atoms with Gasteiger partial charge in [0.25, 0.3) is 0 Å². The zero-order chi connectivity index (χ0) is 62.9. The molecule has 2 atom stereocenters. The van der Waals surface area contributed by atoms with Crippen molar-refractivity contribution in [3.8, 4) is 11.5 Å². The number of carbonyl (C=O) groups excluding carboxylic acids is 6. The summed E-state index contributed by atoms with van der Waals surface area (Å²) >= 11 is 0. The summed E-state index contributed by atoms with van der Waals surface area (Å²) in [5.41, 5.74) is 7.96. The van der Waals surface area contributed by atoms with Crippen molar-refractivity contribution in [2.75, 3.05) is 144 Å². The zero-order valence-corrected chi connectivity index (χ0v) is 49.5. The second-order valence-electron chi connectivity index (χ2n) is 21.2. The Morgan fingerprint density at radius 2 is 1.08 bits per heavy atom. The first-order valence-corrected chi connectivity index (χ1v) is 29.4. The van der Waals surface area contributed by atoms with Crippen molar-refractivity contribution >= 4 is 59.4 Å². The van der Waals surface area contributed by atoms with E-state index >= 15 is 0 Å². The molecule has 3 aromatic rings. The van der Waals surface area contributed by atoms with E-state index < -0.39 is 47.7 Å². The average Bonchev–Trinajstić information content (AvgIpc) is 3.68. The van der Waals surface area contributed by atoms with Crippen molar-refractivity contribution in [1.29, 1.82) is 0 Å². The number of carboxylic acids is 3. The summed E-state index contributed by atoms with van der Waals surface area (Å²) in [4.78, 5) is 128. The van der Waals surface area contributed by atoms with Crippen molar-refractivity contribution in [3.63, 3.8) is 0 Å². The Kier molecular flexibility index (Phi) is 30.2. The van der Waals surface area contributed by atoms with Gasteiger partial charge in [0.05, 0.1) is 45.2 Å². The lowest BCUT2D eigenvalue weighted by Gasteiger charge is -2.36. The highest BCUT2D eigenvalue weighted by Crippen LogP contribution is 2.28. The number of piperazine rings is 1. The summed E-state index contributed by atoms with van der Waals surface area (Å²) in [7, 11) is 0. The highest BCUT2D eigenvalue weighted by atomic mass is 16.5. The standard InChI is InChI=1S/C59H86N14O14/c1-2-49(75)62-21-22-64-59(86)67-58(60)63-20-9-14-48(56(84)65-37-43-15-17-46(74)18-16-43)66-57(85)55(44-10-4-3-5-11-44)45-12-8-13-47(36-45)87-35-7-6-19-61-50(76)38-68-31-33-73(34-32-68)51(77)39-69-23-25-70(40-52(78)79)27-29-72(42-54(82)83)30-28-71(26-24-69)41-53(80)81/h3-5,8,10-13,15-18,36,48,55,74H,2,6-7,9,14,19-35,37-42H2,1H3,(H,61,76)(H,62,75)(H,65,84)(H,66,85)(H,78,79)(H,80,81)(H,82,83)(H4,60,63,64,67,86)/t48-,55?/m1/s1. The first kappa shape index (κ1) is 69.3. The van der Waals surface area contributed by atoms with E-state index in [1.165, 1.54) is 12.1 Å². The molecule has 2 fully saturated rings. The predicted molar refractivity (Wildman–Crippen MR) is 322 cm³/mol. The Balaban J connectivity index is 1.08. The van der Waals surface area contributed by atoms with E-state index in [9.17, 15) is 63.6 Å². The minimum atomic E-state index is -1.04. The van der Waals surface area contributed by atoms with Crippen LogP contribution in [0.1, 0.15) is 61.6 Å². The Hall–Kier alpha value is -8.44. The number of hydrogen-bond acceptors (Lipinski definition) is 16. The Bertz CT molecular complexity index is 2700. The van der Waals surface area contributed by atoms with Crippen LogP contribution in [-0.2, 0) is 44.9 Å². The van der Waals surface area contributed by atoms with E-state index in [0.29, 0.717) is 108 Å². The number of phenols is 1. The van der Waals surface area contributed by atoms with E-state index in [1.807, 2.05) is 46.2 Å². The number of amides is 7. The van der Waals surface area contributed by atoms with E-state index in [-0.39, 0.29) is 121 Å². The fourth-order valence-corrected chi connectivity index (χ4v) is 9.72. The van der Waals surface area contributed by atoms with Crippen LogP contribution < -0.4 is 42.4 Å². The van der Waals surface area contributed by atoms with E-state index in [0.717, 1.165) is 5.56 Å². The molecular formula is C59H86N14O14. The maximum absolute atomic E-state index is 14.5. The van der Waals surface area contributed by atoms with Crippen molar-refractivity contribution < 1.29 is 68.3 Å². The highest BCUT2D eigenvalue weighted by molar-refractivity contribution is 5.93. The summed E-state index contributed by atoms with van der Waals surface area (Å²) in [5.74, 6) is -4.85. The Labute approximate surface area is 506 Å². The summed E-state index contributed by atoms with van der Waals surface area (Å²) < 4.78 is 6.15. The number of guanidine groups is 1. The minimum absolute atomic E-state index is 0.0348.